The third-order valence-electron chi connectivity index (χ3n) is 15.3. The fourth-order valence-electron chi connectivity index (χ4n) is 12.0. The first kappa shape index (κ1) is 46.9. The van der Waals surface area contributed by atoms with Gasteiger partial charge in [-0.05, 0) is 154 Å². The summed E-state index contributed by atoms with van der Waals surface area (Å²) in [6, 6.07) is 71.9. The molecule has 0 spiro atoms. The molecule has 0 fully saturated rings. The number of imidazole rings is 1. The Kier molecular flexibility index (Phi) is 11.5. The van der Waals surface area contributed by atoms with E-state index in [1.54, 1.807) is 0 Å². The number of hydrogen-bond acceptors (Lipinski definition) is 2. The zero-order valence-electron chi connectivity index (χ0n) is 42.5. The van der Waals surface area contributed by atoms with Crippen LogP contribution in [-0.2, 0) is 26.5 Å². The van der Waals surface area contributed by atoms with Gasteiger partial charge in [0.25, 0.3) is 0 Å². The van der Waals surface area contributed by atoms with Gasteiger partial charge in [0.2, 0.25) is 0 Å². The molecule has 0 amide bonds. The Morgan fingerprint density at radius 3 is 2.07 bits per heavy atom. The summed E-state index contributed by atoms with van der Waals surface area (Å²) < 4.78 is 4.64. The van der Waals surface area contributed by atoms with Crippen molar-refractivity contribution in [2.75, 3.05) is 0 Å². The van der Waals surface area contributed by atoms with E-state index in [0.29, 0.717) is 0 Å². The predicted molar refractivity (Wildman–Crippen MR) is 304 cm³/mol. The summed E-state index contributed by atoms with van der Waals surface area (Å²) in [6.45, 7) is 15.7. The number of hydrogen-bond donors (Lipinski definition) is 0. The molecule has 0 aliphatic rings. The average Bonchev–Trinajstić information content (AvgIpc) is 4.09. The number of aryl methyl sites for hydroxylation is 5. The second kappa shape index (κ2) is 18.1. The molecule has 4 aromatic heterocycles. The summed E-state index contributed by atoms with van der Waals surface area (Å²) in [5, 5.41) is 4.58. The van der Waals surface area contributed by atoms with Gasteiger partial charge in [0, 0.05) is 28.4 Å². The van der Waals surface area contributed by atoms with Crippen molar-refractivity contribution in [3.8, 4) is 56.3 Å². The molecule has 5 nitrogen and oxygen atoms in total. The second-order valence-electron chi connectivity index (χ2n) is 20.5. The molecule has 9 aromatic carbocycles. The van der Waals surface area contributed by atoms with Crippen molar-refractivity contribution >= 4 is 54.6 Å². The zero-order valence-corrected chi connectivity index (χ0v) is 44.8. The minimum Gasteiger partial charge on any atom is -0.656 e. The fraction of sp³-hybridized carbons (Fsp3) is 0.118. The molecule has 13 aromatic rings. The molecule has 6 heteroatoms. The number of aromatic nitrogens is 5. The summed E-state index contributed by atoms with van der Waals surface area (Å²) in [6.07, 6.45) is 1.92. The monoisotopic (exact) mass is 1130 g/mol. The smallest absolute Gasteiger partial charge is 0.656 e. The van der Waals surface area contributed by atoms with Crippen LogP contribution in [0.3, 0.4) is 0 Å². The number of pyridine rings is 1. The number of fused-ring (bicyclic) bond motifs is 7. The van der Waals surface area contributed by atoms with Crippen LogP contribution >= 0.6 is 0 Å². The van der Waals surface area contributed by atoms with Gasteiger partial charge in [-0.2, -0.15) is 0 Å². The van der Waals surface area contributed by atoms with E-state index >= 15 is 0 Å². The van der Waals surface area contributed by atoms with Gasteiger partial charge in [0.05, 0.1) is 11.0 Å². The van der Waals surface area contributed by atoms with E-state index in [4.69, 9.17) is 15.0 Å². The van der Waals surface area contributed by atoms with Gasteiger partial charge in [0.15, 0.2) is 0 Å². The van der Waals surface area contributed by atoms with Crippen LogP contribution in [0.1, 0.15) is 52.8 Å². The van der Waals surface area contributed by atoms with Crippen LogP contribution < -0.4 is 4.98 Å². The van der Waals surface area contributed by atoms with Crippen molar-refractivity contribution in [3.05, 3.63) is 239 Å². The van der Waals surface area contributed by atoms with Crippen molar-refractivity contribution < 1.29 is 21.1 Å². The van der Waals surface area contributed by atoms with E-state index in [-0.39, 0.29) is 26.5 Å². The molecule has 0 saturated carbocycles. The number of benzene rings is 9. The number of para-hydroxylation sites is 2. The van der Waals surface area contributed by atoms with E-state index in [9.17, 15) is 0 Å². The maximum absolute atomic E-state index is 5.81. The largest absolute Gasteiger partial charge is 2.00 e. The second-order valence-corrected chi connectivity index (χ2v) is 20.5. The normalized spacial score (nSPS) is 11.9. The van der Waals surface area contributed by atoms with Crippen LogP contribution in [-0.4, -0.2) is 19.1 Å². The fourth-order valence-corrected chi connectivity index (χ4v) is 12.0. The molecule has 0 unspecified atom stereocenters. The topological polar surface area (TPSA) is 49.7 Å². The van der Waals surface area contributed by atoms with E-state index in [2.05, 4.69) is 252 Å². The minimum absolute atomic E-state index is 0. The van der Waals surface area contributed by atoms with Gasteiger partial charge in [-0.15, -0.1) is 34.8 Å². The number of nitrogens with zero attached hydrogens (tertiary/aromatic N) is 5. The molecule has 74 heavy (non-hydrogen) atoms. The van der Waals surface area contributed by atoms with Gasteiger partial charge in [-0.25, -0.2) is 9.97 Å². The summed E-state index contributed by atoms with van der Waals surface area (Å²) in [4.78, 5) is 16.3. The summed E-state index contributed by atoms with van der Waals surface area (Å²) in [5.41, 5.74) is 23.0. The van der Waals surface area contributed by atoms with E-state index < -0.39 is 0 Å². The molecule has 13 rings (SSSR count). The minimum atomic E-state index is -0.325. The standard InChI is InChI=1S/C68H53N5.Pt/c1-41-18-16-23-51(36-41)72-60-27-17-25-52(65(60)71-67(72)56-40-57(68(6,7)50-21-12-9-13-22-50)45(5)64-54-24-14-15-26-58(54)70-66(56)64)48-28-30-53-55-37-49(63-43(3)34-42(2)35-44(63)4)29-31-59(55)73(61(53)38-48)62-39-47(32-33-69-62)46-19-10-8-11-20-46;/h8-37,39-40H,1-7H3;/q-2;+2. The van der Waals surface area contributed by atoms with Gasteiger partial charge in [-0.1, -0.05) is 164 Å². The quantitative estimate of drug-likeness (QED) is 0.143. The Hall–Kier alpha value is -8.11. The SMILES string of the molecule is Cc1cccc(-n2c(-c3cc(C(C)(C)c4ccccc4)c(C)c4c3[n-]c3ccccc34)nc3c(-c4[c-]c5c(cc4)c4cc(-c6c(C)cc(C)cc6C)ccc4n5-c4cc(-c5ccccc5)ccn4)cccc32)c1.[Pt+2]. The van der Waals surface area contributed by atoms with Crippen molar-refractivity contribution in [2.45, 2.75) is 53.9 Å². The van der Waals surface area contributed by atoms with E-state index in [0.717, 1.165) is 94.4 Å². The van der Waals surface area contributed by atoms with Crippen LogP contribution in [0.25, 0.3) is 111 Å². The van der Waals surface area contributed by atoms with Crippen LogP contribution in [0, 0.1) is 40.7 Å². The average molecular weight is 1140 g/mol. The van der Waals surface area contributed by atoms with E-state index in [1.807, 2.05) is 6.20 Å². The van der Waals surface area contributed by atoms with E-state index in [1.165, 1.54) is 55.5 Å². The molecule has 0 aliphatic heterocycles. The Balaban J connectivity index is 0.00000556. The molecule has 0 saturated heterocycles. The van der Waals surface area contributed by atoms with Crippen molar-refractivity contribution in [2.24, 2.45) is 0 Å². The molecule has 0 N–H and O–H groups in total. The molecule has 0 bridgehead atoms. The zero-order chi connectivity index (χ0) is 49.7. The summed E-state index contributed by atoms with van der Waals surface area (Å²) >= 11 is 0. The maximum Gasteiger partial charge on any atom is 2.00 e. The molecule has 4 heterocycles. The third-order valence-corrected chi connectivity index (χ3v) is 15.3. The van der Waals surface area contributed by atoms with Crippen molar-refractivity contribution in [3.63, 3.8) is 0 Å². The first-order chi connectivity index (χ1) is 35.5. The molecule has 0 atom stereocenters. The maximum atomic E-state index is 5.81. The first-order valence-corrected chi connectivity index (χ1v) is 25.3. The number of rotatable bonds is 8. The Labute approximate surface area is 446 Å². The van der Waals surface area contributed by atoms with Crippen LogP contribution in [0.5, 0.6) is 0 Å². The van der Waals surface area contributed by atoms with Crippen LogP contribution in [0.2, 0.25) is 0 Å². The molecular formula is C68H53N5Pt. The van der Waals surface area contributed by atoms with Crippen LogP contribution in [0.4, 0.5) is 0 Å². The third kappa shape index (κ3) is 7.55. The van der Waals surface area contributed by atoms with Crippen molar-refractivity contribution in [1.82, 2.24) is 24.1 Å². The molecule has 360 valence electrons. The predicted octanol–water partition coefficient (Wildman–Crippen LogP) is 17.1. The van der Waals surface area contributed by atoms with Gasteiger partial charge in [-0.3, -0.25) is 4.57 Å². The van der Waals surface area contributed by atoms with Gasteiger partial charge >= 0.3 is 21.1 Å². The molecule has 0 aliphatic carbocycles. The first-order valence-electron chi connectivity index (χ1n) is 25.3. The Morgan fingerprint density at radius 2 is 1.28 bits per heavy atom. The molecular weight excluding hydrogens is 1080 g/mol. The Bertz CT molecular complexity index is 4320. The van der Waals surface area contributed by atoms with Crippen LogP contribution in [0.15, 0.2) is 194 Å². The van der Waals surface area contributed by atoms with Gasteiger partial charge < -0.3 is 9.55 Å². The Morgan fingerprint density at radius 1 is 0.541 bits per heavy atom. The van der Waals surface area contributed by atoms with Gasteiger partial charge in [0.1, 0.15) is 11.6 Å². The summed E-state index contributed by atoms with van der Waals surface area (Å²) in [7, 11) is 0. The van der Waals surface area contributed by atoms with Crippen molar-refractivity contribution in [1.29, 1.82) is 0 Å². The summed E-state index contributed by atoms with van der Waals surface area (Å²) in [5.74, 6) is 1.68. The molecule has 0 radical (unpaired) electrons.